The quantitative estimate of drug-likeness (QED) is 0.900. The van der Waals surface area contributed by atoms with Crippen LogP contribution in [-0.2, 0) is 11.2 Å². The van der Waals surface area contributed by atoms with Crippen molar-refractivity contribution in [1.82, 2.24) is 10.2 Å². The maximum atomic E-state index is 12.9. The molecule has 4 rings (SSSR count). The highest BCUT2D eigenvalue weighted by Crippen LogP contribution is 2.32. The Hall–Kier alpha value is -1.10. The molecule has 2 bridgehead atoms. The van der Waals surface area contributed by atoms with Gasteiger partial charge in [-0.3, -0.25) is 9.69 Å². The van der Waals surface area contributed by atoms with Crippen LogP contribution in [0.25, 0.3) is 0 Å². The molecular weight excluding hydrogens is 310 g/mol. The maximum Gasteiger partial charge on any atom is 0.241 e. The van der Waals surface area contributed by atoms with Crippen LogP contribution < -0.4 is 10.2 Å². The number of anilines is 1. The zero-order chi connectivity index (χ0) is 15.1. The Kier molecular flexibility index (Phi) is 4.95. The van der Waals surface area contributed by atoms with Crippen LogP contribution in [0.1, 0.15) is 31.7 Å². The van der Waals surface area contributed by atoms with Gasteiger partial charge < -0.3 is 10.2 Å². The highest BCUT2D eigenvalue weighted by Gasteiger charge is 2.34. The molecule has 0 saturated carbocycles. The van der Waals surface area contributed by atoms with Crippen molar-refractivity contribution >= 4 is 24.0 Å². The number of fused-ring (bicyclic) bond motifs is 3. The average molecular weight is 336 g/mol. The molecule has 3 aliphatic heterocycles. The number of para-hydroxylation sites is 1. The molecule has 3 aliphatic rings. The Morgan fingerprint density at radius 1 is 1.22 bits per heavy atom. The lowest BCUT2D eigenvalue weighted by atomic mass is 10.1. The molecule has 0 aliphatic carbocycles. The molecule has 5 heteroatoms. The van der Waals surface area contributed by atoms with E-state index in [1.165, 1.54) is 24.8 Å². The summed E-state index contributed by atoms with van der Waals surface area (Å²) < 4.78 is 0. The minimum absolute atomic E-state index is 0. The molecule has 4 nitrogen and oxygen atoms in total. The Labute approximate surface area is 144 Å². The Morgan fingerprint density at radius 2 is 2.00 bits per heavy atom. The number of carbonyl (C=O) groups is 1. The van der Waals surface area contributed by atoms with Crippen LogP contribution in [0.3, 0.4) is 0 Å². The number of hydrogen-bond donors (Lipinski definition) is 1. The third kappa shape index (κ3) is 3.25. The van der Waals surface area contributed by atoms with E-state index in [0.29, 0.717) is 18.6 Å². The van der Waals surface area contributed by atoms with Crippen molar-refractivity contribution < 1.29 is 4.79 Å². The lowest BCUT2D eigenvalue weighted by molar-refractivity contribution is -0.120. The maximum absolute atomic E-state index is 12.9. The topological polar surface area (TPSA) is 35.6 Å². The summed E-state index contributed by atoms with van der Waals surface area (Å²) in [6.45, 7) is 4.78. The fourth-order valence-electron chi connectivity index (χ4n) is 4.37. The van der Waals surface area contributed by atoms with E-state index in [-0.39, 0.29) is 24.4 Å². The van der Waals surface area contributed by atoms with Crippen LogP contribution in [0.15, 0.2) is 24.3 Å². The lowest BCUT2D eigenvalue weighted by Gasteiger charge is -2.28. The van der Waals surface area contributed by atoms with E-state index >= 15 is 0 Å². The second-order valence-corrected chi connectivity index (χ2v) is 7.11. The van der Waals surface area contributed by atoms with Gasteiger partial charge in [0.25, 0.3) is 0 Å². The number of likely N-dealkylation sites (tertiary alicyclic amines) is 1. The smallest absolute Gasteiger partial charge is 0.241 e. The van der Waals surface area contributed by atoms with Gasteiger partial charge in [-0.05, 0) is 44.2 Å². The van der Waals surface area contributed by atoms with E-state index in [9.17, 15) is 4.79 Å². The highest BCUT2D eigenvalue weighted by atomic mass is 35.5. The molecule has 1 N–H and O–H groups in total. The van der Waals surface area contributed by atoms with Crippen molar-refractivity contribution in [2.75, 3.05) is 24.5 Å². The summed E-state index contributed by atoms with van der Waals surface area (Å²) in [5.41, 5.74) is 2.43. The van der Waals surface area contributed by atoms with Gasteiger partial charge in [-0.15, -0.1) is 12.4 Å². The summed E-state index contributed by atoms with van der Waals surface area (Å²) in [7, 11) is 0. The van der Waals surface area contributed by atoms with Crippen LogP contribution in [0.5, 0.6) is 0 Å². The van der Waals surface area contributed by atoms with Crippen LogP contribution in [-0.4, -0.2) is 48.6 Å². The highest BCUT2D eigenvalue weighted by molar-refractivity contribution is 5.97. The van der Waals surface area contributed by atoms with Crippen LogP contribution in [0, 0.1) is 0 Å². The Balaban J connectivity index is 0.00000156. The number of benzene rings is 1. The number of halogens is 1. The normalized spacial score (nSPS) is 29.8. The standard InChI is InChI=1S/C18H25N3O.ClH/c1-13-10-14-4-2-3-5-17(14)21(13)18(22)12-20-9-8-15-6-7-16(11-20)19-15;/h2-5,13,15-16,19H,6-12H2,1H3;1H. The van der Waals surface area contributed by atoms with Gasteiger partial charge in [0.05, 0.1) is 6.54 Å². The third-order valence-electron chi connectivity index (χ3n) is 5.44. The first-order chi connectivity index (χ1) is 10.7. The number of hydrogen-bond acceptors (Lipinski definition) is 3. The lowest BCUT2D eigenvalue weighted by Crippen LogP contribution is -2.45. The summed E-state index contributed by atoms with van der Waals surface area (Å²) in [6.07, 6.45) is 4.73. The molecule has 1 amide bonds. The van der Waals surface area contributed by atoms with Crippen molar-refractivity contribution in [3.63, 3.8) is 0 Å². The van der Waals surface area contributed by atoms with Crippen LogP contribution >= 0.6 is 12.4 Å². The first-order valence-electron chi connectivity index (χ1n) is 8.59. The van der Waals surface area contributed by atoms with Crippen molar-refractivity contribution in [3.05, 3.63) is 29.8 Å². The van der Waals surface area contributed by atoms with Gasteiger partial charge in [-0.2, -0.15) is 0 Å². The Bertz CT molecular complexity index is 579. The van der Waals surface area contributed by atoms with Gasteiger partial charge in [-0.1, -0.05) is 18.2 Å². The molecule has 3 unspecified atom stereocenters. The number of nitrogens with one attached hydrogen (secondary N) is 1. The molecule has 1 aromatic carbocycles. The number of amides is 1. The molecule has 126 valence electrons. The summed E-state index contributed by atoms with van der Waals surface area (Å²) in [6, 6.07) is 9.88. The monoisotopic (exact) mass is 335 g/mol. The SMILES string of the molecule is CC1Cc2ccccc2N1C(=O)CN1CCC2CCC(C1)N2.Cl. The molecule has 1 aromatic rings. The van der Waals surface area contributed by atoms with E-state index < -0.39 is 0 Å². The number of nitrogens with zero attached hydrogens (tertiary/aromatic N) is 2. The summed E-state index contributed by atoms with van der Waals surface area (Å²) in [5.74, 6) is 0.259. The molecule has 2 fully saturated rings. The van der Waals surface area contributed by atoms with E-state index in [0.717, 1.165) is 25.2 Å². The van der Waals surface area contributed by atoms with E-state index in [2.05, 4.69) is 35.3 Å². The third-order valence-corrected chi connectivity index (χ3v) is 5.44. The van der Waals surface area contributed by atoms with Gasteiger partial charge in [0.2, 0.25) is 5.91 Å². The van der Waals surface area contributed by atoms with Crippen molar-refractivity contribution in [2.45, 2.75) is 50.7 Å². The van der Waals surface area contributed by atoms with Gasteiger partial charge in [0.15, 0.2) is 0 Å². The average Bonchev–Trinajstić information content (AvgIpc) is 3.00. The van der Waals surface area contributed by atoms with Gasteiger partial charge in [0.1, 0.15) is 0 Å². The van der Waals surface area contributed by atoms with Crippen molar-refractivity contribution in [1.29, 1.82) is 0 Å². The minimum atomic E-state index is 0. The van der Waals surface area contributed by atoms with Crippen molar-refractivity contribution in [3.8, 4) is 0 Å². The Morgan fingerprint density at radius 3 is 2.87 bits per heavy atom. The first-order valence-corrected chi connectivity index (χ1v) is 8.59. The molecule has 0 radical (unpaired) electrons. The van der Waals surface area contributed by atoms with E-state index in [4.69, 9.17) is 0 Å². The predicted molar refractivity (Wildman–Crippen MR) is 95.3 cm³/mol. The van der Waals surface area contributed by atoms with Gasteiger partial charge >= 0.3 is 0 Å². The summed E-state index contributed by atoms with van der Waals surface area (Å²) in [4.78, 5) is 17.2. The molecule has 3 atom stereocenters. The molecule has 2 saturated heterocycles. The molecule has 3 heterocycles. The second-order valence-electron chi connectivity index (χ2n) is 7.11. The van der Waals surface area contributed by atoms with E-state index in [1.54, 1.807) is 0 Å². The largest absolute Gasteiger partial charge is 0.310 e. The van der Waals surface area contributed by atoms with Gasteiger partial charge in [-0.25, -0.2) is 0 Å². The zero-order valence-corrected chi connectivity index (χ0v) is 14.5. The molecule has 23 heavy (non-hydrogen) atoms. The van der Waals surface area contributed by atoms with Gasteiger partial charge in [0, 0.05) is 36.9 Å². The fraction of sp³-hybridized carbons (Fsp3) is 0.611. The van der Waals surface area contributed by atoms with Crippen LogP contribution in [0.2, 0.25) is 0 Å². The van der Waals surface area contributed by atoms with Crippen molar-refractivity contribution in [2.24, 2.45) is 0 Å². The van der Waals surface area contributed by atoms with Crippen LogP contribution in [0.4, 0.5) is 5.69 Å². The second kappa shape index (κ2) is 6.80. The molecule has 0 aromatic heterocycles. The number of rotatable bonds is 2. The fourth-order valence-corrected chi connectivity index (χ4v) is 4.37. The number of carbonyl (C=O) groups excluding carboxylic acids is 1. The van der Waals surface area contributed by atoms with E-state index in [1.807, 2.05) is 11.0 Å². The predicted octanol–water partition coefficient (Wildman–Crippen LogP) is 2.21. The summed E-state index contributed by atoms with van der Waals surface area (Å²) >= 11 is 0. The summed E-state index contributed by atoms with van der Waals surface area (Å²) in [5, 5.41) is 3.68. The minimum Gasteiger partial charge on any atom is -0.310 e. The zero-order valence-electron chi connectivity index (χ0n) is 13.7. The molecule has 0 spiro atoms. The first kappa shape index (κ1) is 16.7. The molecular formula is C18H26ClN3O.